The Kier molecular flexibility index (Phi) is 3.52. The van der Waals surface area contributed by atoms with E-state index >= 15 is 0 Å². The van der Waals surface area contributed by atoms with Gasteiger partial charge in [0.2, 0.25) is 0 Å². The lowest BCUT2D eigenvalue weighted by Crippen LogP contribution is -2.31. The van der Waals surface area contributed by atoms with Crippen molar-refractivity contribution in [2.75, 3.05) is 0 Å². The largest absolute Gasteiger partial charge is 0.426 e. The Morgan fingerprint density at radius 2 is 1.65 bits per heavy atom. The molecule has 2 aromatic carbocycles. The second-order valence-corrected chi connectivity index (χ2v) is 5.13. The van der Waals surface area contributed by atoms with Gasteiger partial charge in [-0.1, -0.05) is 11.6 Å². The topological polar surface area (TPSA) is 52.2 Å². The van der Waals surface area contributed by atoms with E-state index in [1.54, 1.807) is 0 Å². The minimum atomic E-state index is -4.51. The van der Waals surface area contributed by atoms with E-state index < -0.39 is 23.1 Å². The van der Waals surface area contributed by atoms with Gasteiger partial charge >= 0.3 is 11.9 Å². The van der Waals surface area contributed by atoms with Gasteiger partial charge in [0.1, 0.15) is 5.58 Å². The summed E-state index contributed by atoms with van der Waals surface area (Å²) in [6, 6.07) is 7.76. The summed E-state index contributed by atoms with van der Waals surface area (Å²) in [5, 5.41) is 0.319. The lowest BCUT2D eigenvalue weighted by atomic mass is 10.2. The van der Waals surface area contributed by atoms with Crippen LogP contribution in [-0.2, 0) is 6.18 Å². The van der Waals surface area contributed by atoms with Crippen LogP contribution in [0.25, 0.3) is 16.7 Å². The molecule has 0 saturated heterocycles. The van der Waals surface area contributed by atoms with Crippen molar-refractivity contribution in [3.05, 3.63) is 74.0 Å². The van der Waals surface area contributed by atoms with Crippen LogP contribution >= 0.6 is 11.6 Å². The molecule has 0 fully saturated rings. The summed E-state index contributed by atoms with van der Waals surface area (Å²) >= 11 is 5.81. The van der Waals surface area contributed by atoms with Crippen LogP contribution in [0.3, 0.4) is 0 Å². The molecule has 8 heteroatoms. The van der Waals surface area contributed by atoms with Gasteiger partial charge in [-0.25, -0.2) is 9.36 Å². The van der Waals surface area contributed by atoms with Gasteiger partial charge in [0.25, 0.3) is 5.56 Å². The molecule has 4 nitrogen and oxygen atoms in total. The molecule has 0 atom stereocenters. The normalized spacial score (nSPS) is 11.8. The predicted octanol–water partition coefficient (Wildman–Crippen LogP) is 3.62. The van der Waals surface area contributed by atoms with Crippen LogP contribution < -0.4 is 11.3 Å². The van der Waals surface area contributed by atoms with Crippen LogP contribution in [0.15, 0.2) is 56.5 Å². The Morgan fingerprint density at radius 3 is 2.26 bits per heavy atom. The maximum atomic E-state index is 12.6. The second kappa shape index (κ2) is 5.27. The van der Waals surface area contributed by atoms with Gasteiger partial charge in [-0.15, -0.1) is 0 Å². The van der Waals surface area contributed by atoms with E-state index in [4.69, 9.17) is 16.0 Å². The van der Waals surface area contributed by atoms with Crippen molar-refractivity contribution in [3.63, 3.8) is 0 Å². The fourth-order valence-corrected chi connectivity index (χ4v) is 2.30. The molecule has 23 heavy (non-hydrogen) atoms. The van der Waals surface area contributed by atoms with E-state index in [0.717, 1.165) is 24.3 Å². The molecule has 0 aliphatic carbocycles. The molecule has 0 amide bonds. The fourth-order valence-electron chi connectivity index (χ4n) is 2.12. The molecule has 0 saturated carbocycles. The minimum Gasteiger partial charge on any atom is -0.409 e. The molecule has 3 rings (SSSR count). The molecule has 118 valence electrons. The summed E-state index contributed by atoms with van der Waals surface area (Å²) in [6.07, 6.45) is -4.51. The Balaban J connectivity index is 2.24. The van der Waals surface area contributed by atoms with Crippen molar-refractivity contribution in [3.8, 4) is 5.69 Å². The minimum absolute atomic E-state index is 0.0291. The molecule has 0 aliphatic rings. The van der Waals surface area contributed by atoms with Crippen LogP contribution in [0.1, 0.15) is 5.56 Å². The van der Waals surface area contributed by atoms with Gasteiger partial charge in [-0.05, 0) is 42.5 Å². The molecule has 0 spiro atoms. The summed E-state index contributed by atoms with van der Waals surface area (Å²) < 4.78 is 43.4. The summed E-state index contributed by atoms with van der Waals surface area (Å²) in [6.45, 7) is 0. The highest BCUT2D eigenvalue weighted by Crippen LogP contribution is 2.29. The Hall–Kier alpha value is -2.54. The molecular weight excluding hydrogens is 335 g/mol. The van der Waals surface area contributed by atoms with Crippen molar-refractivity contribution in [1.82, 2.24) is 4.57 Å². The number of benzene rings is 2. The second-order valence-electron chi connectivity index (χ2n) is 4.69. The first-order valence-corrected chi connectivity index (χ1v) is 6.68. The molecule has 0 aliphatic heterocycles. The number of alkyl halides is 3. The zero-order valence-electron chi connectivity index (χ0n) is 11.2. The maximum absolute atomic E-state index is 12.6. The van der Waals surface area contributed by atoms with Gasteiger partial charge in [0.05, 0.1) is 16.6 Å². The number of rotatable bonds is 1. The van der Waals surface area contributed by atoms with Gasteiger partial charge in [-0.2, -0.15) is 13.2 Å². The lowest BCUT2D eigenvalue weighted by Gasteiger charge is -2.09. The summed E-state index contributed by atoms with van der Waals surface area (Å²) in [7, 11) is 0. The van der Waals surface area contributed by atoms with Crippen LogP contribution in [0.5, 0.6) is 0 Å². The summed E-state index contributed by atoms with van der Waals surface area (Å²) in [4.78, 5) is 24.4. The average Bonchev–Trinajstić information content (AvgIpc) is 2.48. The highest BCUT2D eigenvalue weighted by atomic mass is 35.5. The zero-order chi connectivity index (χ0) is 16.8. The quantitative estimate of drug-likeness (QED) is 0.679. The van der Waals surface area contributed by atoms with Gasteiger partial charge < -0.3 is 4.42 Å². The van der Waals surface area contributed by atoms with Crippen LogP contribution in [0.4, 0.5) is 13.2 Å². The summed E-state index contributed by atoms with van der Waals surface area (Å²) in [5.74, 6) is -0.996. The third-order valence-corrected chi connectivity index (χ3v) is 3.44. The number of hydrogen-bond acceptors (Lipinski definition) is 3. The lowest BCUT2D eigenvalue weighted by molar-refractivity contribution is -0.137. The van der Waals surface area contributed by atoms with Crippen LogP contribution in [0.2, 0.25) is 5.02 Å². The van der Waals surface area contributed by atoms with E-state index in [-0.39, 0.29) is 21.7 Å². The fraction of sp³-hybridized carbons (Fsp3) is 0.0667. The Bertz CT molecular complexity index is 1000. The third-order valence-electron chi connectivity index (χ3n) is 3.21. The molecular formula is C15H7ClF3NO3. The smallest absolute Gasteiger partial charge is 0.409 e. The first-order valence-electron chi connectivity index (χ1n) is 6.30. The standard InChI is InChI=1S/C15H7ClF3NO3/c16-9-3-6-12-11(7-9)13(21)20(14(22)23-12)10-4-1-8(2-5-10)15(17,18)19/h1-7H. The van der Waals surface area contributed by atoms with E-state index in [0.29, 0.717) is 4.57 Å². The molecule has 0 bridgehead atoms. The highest BCUT2D eigenvalue weighted by molar-refractivity contribution is 6.31. The van der Waals surface area contributed by atoms with Gasteiger partial charge in [-0.3, -0.25) is 4.79 Å². The van der Waals surface area contributed by atoms with Gasteiger partial charge in [0.15, 0.2) is 0 Å². The molecule has 1 aromatic heterocycles. The number of aromatic nitrogens is 1. The van der Waals surface area contributed by atoms with E-state index in [2.05, 4.69) is 0 Å². The molecule has 0 radical (unpaired) electrons. The van der Waals surface area contributed by atoms with Crippen molar-refractivity contribution in [2.45, 2.75) is 6.18 Å². The van der Waals surface area contributed by atoms with Crippen molar-refractivity contribution < 1.29 is 17.6 Å². The van der Waals surface area contributed by atoms with Crippen molar-refractivity contribution >= 4 is 22.6 Å². The number of nitrogens with zero attached hydrogens (tertiary/aromatic N) is 1. The third kappa shape index (κ3) is 2.75. The highest BCUT2D eigenvalue weighted by Gasteiger charge is 2.30. The monoisotopic (exact) mass is 341 g/mol. The maximum Gasteiger partial charge on any atom is 0.426 e. The first-order chi connectivity index (χ1) is 10.8. The summed E-state index contributed by atoms with van der Waals surface area (Å²) in [5.41, 5.74) is -1.59. The van der Waals surface area contributed by atoms with E-state index in [1.165, 1.54) is 18.2 Å². The molecule has 3 aromatic rings. The van der Waals surface area contributed by atoms with Crippen molar-refractivity contribution in [2.24, 2.45) is 0 Å². The van der Waals surface area contributed by atoms with Crippen LogP contribution in [-0.4, -0.2) is 4.57 Å². The SMILES string of the molecule is O=c1oc2ccc(Cl)cc2c(=O)n1-c1ccc(C(F)(F)F)cc1. The van der Waals surface area contributed by atoms with E-state index in [1.807, 2.05) is 0 Å². The molecule has 1 heterocycles. The number of hydrogen-bond donors (Lipinski definition) is 0. The molecule has 0 N–H and O–H groups in total. The van der Waals surface area contributed by atoms with Crippen molar-refractivity contribution in [1.29, 1.82) is 0 Å². The predicted molar refractivity (Wildman–Crippen MR) is 78.1 cm³/mol. The Morgan fingerprint density at radius 1 is 1.00 bits per heavy atom. The molecule has 0 unspecified atom stereocenters. The Labute approximate surface area is 131 Å². The average molecular weight is 342 g/mol. The number of halogens is 4. The zero-order valence-corrected chi connectivity index (χ0v) is 12.0. The van der Waals surface area contributed by atoms with E-state index in [9.17, 15) is 22.8 Å². The first kappa shape index (κ1) is 15.4. The van der Waals surface area contributed by atoms with Crippen LogP contribution in [0, 0.1) is 0 Å². The van der Waals surface area contributed by atoms with Gasteiger partial charge in [0, 0.05) is 5.02 Å². The number of fused-ring (bicyclic) bond motifs is 1.